The van der Waals surface area contributed by atoms with Crippen LogP contribution in [-0.4, -0.2) is 8.42 Å². The van der Waals surface area contributed by atoms with Crippen LogP contribution in [0.3, 0.4) is 0 Å². The molecule has 0 atom stereocenters. The number of hydrogen-bond acceptors (Lipinski definition) is 3. The number of nitrogen functional groups attached to an aromatic ring is 1. The molecule has 0 saturated carbocycles. The summed E-state index contributed by atoms with van der Waals surface area (Å²) >= 11 is 5.69. The van der Waals surface area contributed by atoms with E-state index in [9.17, 15) is 12.8 Å². The van der Waals surface area contributed by atoms with Gasteiger partial charge in [-0.1, -0.05) is 11.6 Å². The molecule has 0 aliphatic heterocycles. The molecular weight excluding hydrogens is 291 g/mol. The van der Waals surface area contributed by atoms with E-state index < -0.39 is 20.7 Å². The highest BCUT2D eigenvalue weighted by Crippen LogP contribution is 2.22. The molecule has 19 heavy (non-hydrogen) atoms. The van der Waals surface area contributed by atoms with Crippen LogP contribution in [0.2, 0.25) is 5.02 Å². The van der Waals surface area contributed by atoms with Gasteiger partial charge in [-0.25, -0.2) is 12.8 Å². The highest BCUT2D eigenvalue weighted by molar-refractivity contribution is 7.92. The minimum Gasteiger partial charge on any atom is -0.399 e. The van der Waals surface area contributed by atoms with E-state index in [0.29, 0.717) is 5.02 Å². The van der Waals surface area contributed by atoms with Crippen LogP contribution in [-0.2, 0) is 10.0 Å². The highest BCUT2D eigenvalue weighted by Gasteiger charge is 2.19. The summed E-state index contributed by atoms with van der Waals surface area (Å²) in [5.41, 5.74) is 5.91. The lowest BCUT2D eigenvalue weighted by atomic mass is 10.3. The predicted octanol–water partition coefficient (Wildman–Crippen LogP) is 2.86. The summed E-state index contributed by atoms with van der Waals surface area (Å²) in [6.45, 7) is 0. The summed E-state index contributed by atoms with van der Waals surface area (Å²) in [7, 11) is -4.03. The molecule has 0 unspecified atom stereocenters. The maximum Gasteiger partial charge on any atom is 0.264 e. The Balaban J connectivity index is 2.37. The maximum absolute atomic E-state index is 13.5. The van der Waals surface area contributed by atoms with E-state index in [0.717, 1.165) is 12.1 Å². The smallest absolute Gasteiger partial charge is 0.264 e. The summed E-state index contributed by atoms with van der Waals surface area (Å²) in [4.78, 5) is -0.498. The van der Waals surface area contributed by atoms with Gasteiger partial charge in [0.2, 0.25) is 0 Å². The number of halogens is 2. The van der Waals surface area contributed by atoms with Crippen molar-refractivity contribution in [2.45, 2.75) is 4.90 Å². The van der Waals surface area contributed by atoms with Crippen molar-refractivity contribution in [2.75, 3.05) is 10.5 Å². The topological polar surface area (TPSA) is 72.2 Å². The minimum absolute atomic E-state index is 0.165. The molecule has 0 radical (unpaired) electrons. The van der Waals surface area contributed by atoms with Crippen LogP contribution in [0.5, 0.6) is 0 Å². The van der Waals surface area contributed by atoms with Gasteiger partial charge < -0.3 is 5.73 Å². The van der Waals surface area contributed by atoms with Gasteiger partial charge in [0, 0.05) is 16.4 Å². The zero-order chi connectivity index (χ0) is 14.0. The summed E-state index contributed by atoms with van der Waals surface area (Å²) in [6, 6.07) is 9.36. The minimum atomic E-state index is -4.03. The average Bonchev–Trinajstić information content (AvgIpc) is 2.35. The van der Waals surface area contributed by atoms with Crippen LogP contribution in [0.4, 0.5) is 15.8 Å². The number of sulfonamides is 1. The molecule has 0 aliphatic rings. The largest absolute Gasteiger partial charge is 0.399 e. The van der Waals surface area contributed by atoms with Crippen molar-refractivity contribution in [3.63, 3.8) is 0 Å². The van der Waals surface area contributed by atoms with E-state index in [1.807, 2.05) is 0 Å². The number of hydrogen-bond donors (Lipinski definition) is 2. The van der Waals surface area contributed by atoms with Crippen molar-refractivity contribution < 1.29 is 12.8 Å². The number of nitrogens with one attached hydrogen (secondary N) is 1. The number of nitrogens with two attached hydrogens (primary N) is 1. The SMILES string of the molecule is Nc1ccc(F)c(S(=O)(=O)Nc2ccc(Cl)cc2)c1. The van der Waals surface area contributed by atoms with Gasteiger partial charge in [-0.05, 0) is 42.5 Å². The molecule has 0 fully saturated rings. The van der Waals surface area contributed by atoms with Gasteiger partial charge in [0.25, 0.3) is 10.0 Å². The first kappa shape index (κ1) is 13.6. The molecular formula is C12H10ClFN2O2S. The second kappa shape index (κ2) is 5.07. The van der Waals surface area contributed by atoms with Crippen LogP contribution in [0.15, 0.2) is 47.4 Å². The number of rotatable bonds is 3. The predicted molar refractivity (Wildman–Crippen MR) is 73.1 cm³/mol. The van der Waals surface area contributed by atoms with E-state index >= 15 is 0 Å². The first-order valence-corrected chi connectivity index (χ1v) is 7.08. The van der Waals surface area contributed by atoms with E-state index in [2.05, 4.69) is 4.72 Å². The maximum atomic E-state index is 13.5. The van der Waals surface area contributed by atoms with Crippen molar-refractivity contribution in [3.8, 4) is 0 Å². The molecule has 100 valence electrons. The fraction of sp³-hybridized carbons (Fsp3) is 0. The van der Waals surface area contributed by atoms with Gasteiger partial charge in [-0.2, -0.15) is 0 Å². The van der Waals surface area contributed by atoms with Crippen molar-refractivity contribution in [1.29, 1.82) is 0 Å². The molecule has 0 spiro atoms. The Labute approximate surface area is 115 Å². The Kier molecular flexibility index (Phi) is 3.64. The lowest BCUT2D eigenvalue weighted by Crippen LogP contribution is -2.14. The Morgan fingerprint density at radius 1 is 1.11 bits per heavy atom. The Hall–Kier alpha value is -1.79. The van der Waals surface area contributed by atoms with E-state index in [1.165, 1.54) is 30.3 Å². The Bertz CT molecular complexity index is 702. The second-order valence-corrected chi connectivity index (χ2v) is 5.89. The monoisotopic (exact) mass is 300 g/mol. The fourth-order valence-electron chi connectivity index (χ4n) is 1.45. The number of benzene rings is 2. The molecule has 7 heteroatoms. The van der Waals surface area contributed by atoms with E-state index in [-0.39, 0.29) is 11.4 Å². The summed E-state index contributed by atoms with van der Waals surface area (Å²) < 4.78 is 39.8. The van der Waals surface area contributed by atoms with Crippen LogP contribution in [0.25, 0.3) is 0 Å². The van der Waals surface area contributed by atoms with Gasteiger partial charge in [0.15, 0.2) is 0 Å². The molecule has 0 heterocycles. The van der Waals surface area contributed by atoms with Gasteiger partial charge in [-0.15, -0.1) is 0 Å². The quantitative estimate of drug-likeness (QED) is 0.856. The van der Waals surface area contributed by atoms with Gasteiger partial charge in [-0.3, -0.25) is 4.72 Å². The molecule has 0 aromatic heterocycles. The molecule has 2 rings (SSSR count). The number of anilines is 2. The van der Waals surface area contributed by atoms with E-state index in [1.54, 1.807) is 0 Å². The van der Waals surface area contributed by atoms with Crippen LogP contribution in [0, 0.1) is 5.82 Å². The lowest BCUT2D eigenvalue weighted by molar-refractivity contribution is 0.570. The summed E-state index contributed by atoms with van der Waals surface area (Å²) in [6.07, 6.45) is 0. The first-order chi connectivity index (χ1) is 8.88. The first-order valence-electron chi connectivity index (χ1n) is 5.22. The molecule has 0 aliphatic carbocycles. The Morgan fingerprint density at radius 3 is 2.37 bits per heavy atom. The van der Waals surface area contributed by atoms with Crippen molar-refractivity contribution in [1.82, 2.24) is 0 Å². The zero-order valence-corrected chi connectivity index (χ0v) is 11.2. The van der Waals surface area contributed by atoms with Crippen LogP contribution in [0.1, 0.15) is 0 Å². The molecule has 0 saturated heterocycles. The average molecular weight is 301 g/mol. The summed E-state index contributed by atoms with van der Waals surface area (Å²) in [5, 5.41) is 0.470. The van der Waals surface area contributed by atoms with Crippen molar-refractivity contribution >= 4 is 33.0 Å². The third-order valence-corrected chi connectivity index (χ3v) is 3.99. The molecule has 0 bridgehead atoms. The van der Waals surface area contributed by atoms with Gasteiger partial charge >= 0.3 is 0 Å². The van der Waals surface area contributed by atoms with Crippen LogP contribution >= 0.6 is 11.6 Å². The van der Waals surface area contributed by atoms with Crippen molar-refractivity contribution in [2.24, 2.45) is 0 Å². The molecule has 2 aromatic carbocycles. The highest BCUT2D eigenvalue weighted by atomic mass is 35.5. The third-order valence-electron chi connectivity index (χ3n) is 2.34. The molecule has 2 aromatic rings. The van der Waals surface area contributed by atoms with Gasteiger partial charge in [0.1, 0.15) is 10.7 Å². The zero-order valence-electron chi connectivity index (χ0n) is 9.60. The molecule has 3 N–H and O–H groups in total. The third kappa shape index (κ3) is 3.15. The van der Waals surface area contributed by atoms with Gasteiger partial charge in [0.05, 0.1) is 0 Å². The van der Waals surface area contributed by atoms with E-state index in [4.69, 9.17) is 17.3 Å². The molecule has 0 amide bonds. The standard InChI is InChI=1S/C12H10ClFN2O2S/c13-8-1-4-10(5-2-8)16-19(17,18)12-7-9(15)3-6-11(12)14/h1-7,16H,15H2. The van der Waals surface area contributed by atoms with Crippen molar-refractivity contribution in [3.05, 3.63) is 53.3 Å². The summed E-state index contributed by atoms with van der Waals surface area (Å²) in [5.74, 6) is -0.865. The Morgan fingerprint density at radius 2 is 1.74 bits per heavy atom. The lowest BCUT2D eigenvalue weighted by Gasteiger charge is -2.09. The molecule has 4 nitrogen and oxygen atoms in total. The van der Waals surface area contributed by atoms with Crippen LogP contribution < -0.4 is 10.5 Å². The normalized spacial score (nSPS) is 11.3. The second-order valence-electron chi connectivity index (χ2n) is 3.80. The fourth-order valence-corrected chi connectivity index (χ4v) is 2.75.